The zero-order valence-electron chi connectivity index (χ0n) is 11.4. The molecule has 1 fully saturated rings. The van der Waals surface area contributed by atoms with E-state index in [1.807, 2.05) is 0 Å². The predicted octanol–water partition coefficient (Wildman–Crippen LogP) is 3.19. The lowest BCUT2D eigenvalue weighted by Gasteiger charge is -2.34. The third-order valence-electron chi connectivity index (χ3n) is 3.77. The number of aryl methyl sites for hydroxylation is 1. The van der Waals surface area contributed by atoms with Gasteiger partial charge >= 0.3 is 0 Å². The zero-order valence-corrected chi connectivity index (χ0v) is 12.2. The molecule has 0 aromatic carbocycles. The van der Waals surface area contributed by atoms with Crippen molar-refractivity contribution >= 4 is 16.5 Å². The van der Waals surface area contributed by atoms with Gasteiger partial charge in [-0.25, -0.2) is 4.98 Å². The highest BCUT2D eigenvalue weighted by Gasteiger charge is 2.22. The van der Waals surface area contributed by atoms with Crippen molar-refractivity contribution in [3.8, 4) is 0 Å². The minimum Gasteiger partial charge on any atom is -0.345 e. The molecule has 3 nitrogen and oxygen atoms in total. The maximum absolute atomic E-state index is 5.67. The summed E-state index contributed by atoms with van der Waals surface area (Å²) in [6, 6.07) is 0.696. The average Bonchev–Trinajstić information content (AvgIpc) is 2.89. The first-order valence-corrected chi connectivity index (χ1v) is 8.14. The van der Waals surface area contributed by atoms with E-state index in [1.165, 1.54) is 42.9 Å². The minimum atomic E-state index is 0.696. The molecule has 2 rings (SSSR count). The molecule has 1 aliphatic carbocycles. The number of nitrogens with two attached hydrogens (primary N) is 1. The van der Waals surface area contributed by atoms with Crippen molar-refractivity contribution < 1.29 is 0 Å². The van der Waals surface area contributed by atoms with Crippen LogP contribution in [-0.2, 0) is 6.42 Å². The minimum absolute atomic E-state index is 0.696. The summed E-state index contributed by atoms with van der Waals surface area (Å²) >= 11 is 1.80. The molecule has 0 radical (unpaired) electrons. The molecule has 0 atom stereocenters. The summed E-state index contributed by atoms with van der Waals surface area (Å²) in [4.78, 5) is 7.28. The van der Waals surface area contributed by atoms with Crippen LogP contribution in [0.15, 0.2) is 5.38 Å². The summed E-state index contributed by atoms with van der Waals surface area (Å²) in [6.07, 6.45) is 8.89. The van der Waals surface area contributed by atoms with E-state index in [4.69, 9.17) is 10.7 Å². The Labute approximate surface area is 114 Å². The number of rotatable bonds is 6. The number of nitrogens with zero attached hydrogens (tertiary/aromatic N) is 2. The fourth-order valence-corrected chi connectivity index (χ4v) is 3.69. The van der Waals surface area contributed by atoms with Crippen molar-refractivity contribution in [1.82, 2.24) is 4.98 Å². The molecule has 1 heterocycles. The van der Waals surface area contributed by atoms with Crippen LogP contribution in [-0.4, -0.2) is 24.1 Å². The van der Waals surface area contributed by atoms with Gasteiger partial charge in [0.2, 0.25) is 0 Å². The number of hydrogen-bond acceptors (Lipinski definition) is 4. The fourth-order valence-electron chi connectivity index (χ4n) is 2.68. The van der Waals surface area contributed by atoms with Gasteiger partial charge in [0.05, 0.1) is 5.69 Å². The fraction of sp³-hybridized carbons (Fsp3) is 0.786. The topological polar surface area (TPSA) is 42.1 Å². The van der Waals surface area contributed by atoms with Gasteiger partial charge in [-0.15, -0.1) is 11.3 Å². The van der Waals surface area contributed by atoms with E-state index in [0.29, 0.717) is 6.04 Å². The van der Waals surface area contributed by atoms with E-state index in [9.17, 15) is 0 Å². The van der Waals surface area contributed by atoms with E-state index < -0.39 is 0 Å². The van der Waals surface area contributed by atoms with Crippen molar-refractivity contribution in [1.29, 1.82) is 0 Å². The first-order chi connectivity index (χ1) is 8.85. The summed E-state index contributed by atoms with van der Waals surface area (Å²) in [6.45, 7) is 4.01. The summed E-state index contributed by atoms with van der Waals surface area (Å²) in [7, 11) is 0. The van der Waals surface area contributed by atoms with Crippen LogP contribution >= 0.6 is 11.3 Å². The summed E-state index contributed by atoms with van der Waals surface area (Å²) in [5.41, 5.74) is 6.90. The second kappa shape index (κ2) is 7.10. The summed E-state index contributed by atoms with van der Waals surface area (Å²) in [5, 5.41) is 3.42. The molecule has 0 unspecified atom stereocenters. The number of anilines is 1. The molecule has 2 N–H and O–H groups in total. The Balaban J connectivity index is 2.07. The number of hydrogen-bond donors (Lipinski definition) is 1. The monoisotopic (exact) mass is 267 g/mol. The molecular formula is C14H25N3S. The standard InChI is InChI=1S/C14H25N3S/c1-2-12-11-18-14(16-12)17(10-6-9-15)13-7-4-3-5-8-13/h11,13H,2-10,15H2,1H3. The molecule has 1 saturated carbocycles. The van der Waals surface area contributed by atoms with Crippen LogP contribution in [0.25, 0.3) is 0 Å². The third kappa shape index (κ3) is 3.45. The Hall–Kier alpha value is -0.610. The smallest absolute Gasteiger partial charge is 0.185 e. The normalized spacial score (nSPS) is 17.0. The Morgan fingerprint density at radius 2 is 2.17 bits per heavy atom. The molecule has 0 bridgehead atoms. The van der Waals surface area contributed by atoms with Crippen molar-refractivity contribution in [2.75, 3.05) is 18.0 Å². The predicted molar refractivity (Wildman–Crippen MR) is 79.4 cm³/mol. The second-order valence-corrected chi connectivity index (χ2v) is 5.94. The SMILES string of the molecule is CCc1csc(N(CCCN)C2CCCCC2)n1. The second-order valence-electron chi connectivity index (χ2n) is 5.10. The van der Waals surface area contributed by atoms with Crippen LogP contribution in [0.4, 0.5) is 5.13 Å². The maximum Gasteiger partial charge on any atom is 0.185 e. The van der Waals surface area contributed by atoms with E-state index in [2.05, 4.69) is 17.2 Å². The summed E-state index contributed by atoms with van der Waals surface area (Å²) < 4.78 is 0. The summed E-state index contributed by atoms with van der Waals surface area (Å²) in [5.74, 6) is 0. The quantitative estimate of drug-likeness (QED) is 0.860. The Morgan fingerprint density at radius 3 is 2.78 bits per heavy atom. The molecule has 0 saturated heterocycles. The van der Waals surface area contributed by atoms with Gasteiger partial charge in [0.25, 0.3) is 0 Å². The first-order valence-electron chi connectivity index (χ1n) is 7.26. The van der Waals surface area contributed by atoms with Gasteiger partial charge < -0.3 is 10.6 Å². The highest BCUT2D eigenvalue weighted by molar-refractivity contribution is 7.13. The van der Waals surface area contributed by atoms with Crippen LogP contribution in [0.1, 0.15) is 51.1 Å². The Kier molecular flexibility index (Phi) is 5.45. The lowest BCUT2D eigenvalue weighted by Crippen LogP contribution is -2.38. The van der Waals surface area contributed by atoms with E-state index in [1.54, 1.807) is 11.3 Å². The zero-order chi connectivity index (χ0) is 12.8. The highest BCUT2D eigenvalue weighted by atomic mass is 32.1. The van der Waals surface area contributed by atoms with Crippen molar-refractivity contribution in [3.05, 3.63) is 11.1 Å². The van der Waals surface area contributed by atoms with Gasteiger partial charge in [0.1, 0.15) is 0 Å². The lowest BCUT2D eigenvalue weighted by atomic mass is 9.94. The van der Waals surface area contributed by atoms with Crippen LogP contribution < -0.4 is 10.6 Å². The van der Waals surface area contributed by atoms with Gasteiger partial charge in [0.15, 0.2) is 5.13 Å². The van der Waals surface area contributed by atoms with Gasteiger partial charge in [-0.1, -0.05) is 26.2 Å². The van der Waals surface area contributed by atoms with E-state index in [-0.39, 0.29) is 0 Å². The van der Waals surface area contributed by atoms with E-state index >= 15 is 0 Å². The van der Waals surface area contributed by atoms with E-state index in [0.717, 1.165) is 25.9 Å². The Morgan fingerprint density at radius 1 is 1.39 bits per heavy atom. The average molecular weight is 267 g/mol. The molecule has 1 aromatic rings. The molecule has 18 heavy (non-hydrogen) atoms. The molecular weight excluding hydrogens is 242 g/mol. The maximum atomic E-state index is 5.67. The largest absolute Gasteiger partial charge is 0.345 e. The molecule has 0 spiro atoms. The molecule has 0 aliphatic heterocycles. The van der Waals surface area contributed by atoms with Crippen LogP contribution in [0.2, 0.25) is 0 Å². The number of thiazole rings is 1. The van der Waals surface area contributed by atoms with Gasteiger partial charge in [-0.3, -0.25) is 0 Å². The molecule has 102 valence electrons. The van der Waals surface area contributed by atoms with Crippen molar-refractivity contribution in [2.45, 2.75) is 57.9 Å². The highest BCUT2D eigenvalue weighted by Crippen LogP contribution is 2.29. The Bertz CT molecular complexity index is 345. The lowest BCUT2D eigenvalue weighted by molar-refractivity contribution is 0.412. The van der Waals surface area contributed by atoms with Crippen LogP contribution in [0.5, 0.6) is 0 Å². The molecule has 1 aromatic heterocycles. The van der Waals surface area contributed by atoms with Crippen LogP contribution in [0.3, 0.4) is 0 Å². The van der Waals surface area contributed by atoms with Crippen molar-refractivity contribution in [2.24, 2.45) is 5.73 Å². The van der Waals surface area contributed by atoms with Gasteiger partial charge in [0, 0.05) is 18.0 Å². The van der Waals surface area contributed by atoms with Crippen LogP contribution in [0, 0.1) is 0 Å². The molecule has 0 amide bonds. The number of aromatic nitrogens is 1. The van der Waals surface area contributed by atoms with Gasteiger partial charge in [-0.2, -0.15) is 0 Å². The first kappa shape index (κ1) is 13.8. The van der Waals surface area contributed by atoms with Gasteiger partial charge in [-0.05, 0) is 32.2 Å². The third-order valence-corrected chi connectivity index (χ3v) is 4.69. The molecule has 1 aliphatic rings. The molecule has 4 heteroatoms. The van der Waals surface area contributed by atoms with Crippen molar-refractivity contribution in [3.63, 3.8) is 0 Å².